The van der Waals surface area contributed by atoms with Gasteiger partial charge in [-0.1, -0.05) is 0 Å². The Bertz CT molecular complexity index is 1750. The molecule has 47 heavy (non-hydrogen) atoms. The molecule has 1 saturated heterocycles. The summed E-state index contributed by atoms with van der Waals surface area (Å²) in [6.07, 6.45) is 2.38. The predicted molar refractivity (Wildman–Crippen MR) is 180 cm³/mol. The molecule has 7 rings (SSSR count). The number of benzene rings is 4. The van der Waals surface area contributed by atoms with Crippen molar-refractivity contribution >= 4 is 16.9 Å². The monoisotopic (exact) mass is 739 g/mol. The fraction of sp³-hybridized carbons (Fsp3) is 0.275. The summed E-state index contributed by atoms with van der Waals surface area (Å²) >= 11 is -0.427. The fourth-order valence-electron chi connectivity index (χ4n) is 7.15. The van der Waals surface area contributed by atoms with Crippen molar-refractivity contribution in [1.82, 2.24) is 8.10 Å². The standard InChI is InChI=1S/C40H40IN2O4/c1-2-22-43-35-23-36(47-39(44)31-18-10-5-11-19-31)33(24-41-43)40(27-45-25-29-14-6-3-7-15-29,28-46-26-30-16-8-4-9-17-30)38-37(35)32-20-12-13-21-34(32)42-38/h2-21,33,35-36,42H,1,22-28H2/q-1/t33-,35?,36?/m1/s1. The van der Waals surface area contributed by atoms with Crippen LogP contribution in [0.5, 0.6) is 0 Å². The van der Waals surface area contributed by atoms with Crippen LogP contribution in [0.1, 0.15) is 45.2 Å². The summed E-state index contributed by atoms with van der Waals surface area (Å²) in [5.41, 5.74) is 5.75. The van der Waals surface area contributed by atoms with Gasteiger partial charge >= 0.3 is 289 Å². The SMILES string of the molecule is C=CCN1[I-]C[C@@H]2C(OC(=O)c3ccccc3)CC1c1c([nH]c3ccccc13)C2(COCc1ccccc1)COCc1ccccc1. The first-order chi connectivity index (χ1) is 23.2. The van der Waals surface area contributed by atoms with E-state index in [-0.39, 0.29) is 24.0 Å². The van der Waals surface area contributed by atoms with Gasteiger partial charge in [-0.25, -0.2) is 0 Å². The van der Waals surface area contributed by atoms with Gasteiger partial charge in [-0.3, -0.25) is 0 Å². The zero-order valence-electron chi connectivity index (χ0n) is 26.4. The molecule has 5 aromatic rings. The van der Waals surface area contributed by atoms with Crippen LogP contribution >= 0.6 is 0 Å². The second kappa shape index (κ2) is 14.6. The molecule has 2 unspecified atom stereocenters. The third kappa shape index (κ3) is 6.67. The third-order valence-corrected chi connectivity index (χ3v) is 12.7. The van der Waals surface area contributed by atoms with Gasteiger partial charge < -0.3 is 0 Å². The number of aromatic nitrogens is 1. The molecule has 0 radical (unpaired) electrons. The number of rotatable bonds is 12. The minimum absolute atomic E-state index is 0.0267. The van der Waals surface area contributed by atoms with E-state index in [1.165, 1.54) is 10.9 Å². The van der Waals surface area contributed by atoms with Crippen LogP contribution in [0.15, 0.2) is 128 Å². The molecule has 1 N–H and O–H groups in total. The van der Waals surface area contributed by atoms with E-state index in [0.29, 0.717) is 38.4 Å². The van der Waals surface area contributed by atoms with Crippen molar-refractivity contribution in [2.24, 2.45) is 5.92 Å². The Balaban J connectivity index is 1.35. The average Bonchev–Trinajstić information content (AvgIpc) is 3.36. The number of carbonyl (C=O) groups is 1. The number of ether oxygens (including phenoxy) is 3. The molecule has 2 heterocycles. The van der Waals surface area contributed by atoms with Gasteiger partial charge in [0.05, 0.1) is 0 Å². The summed E-state index contributed by atoms with van der Waals surface area (Å²) in [6, 6.07) is 38.6. The van der Waals surface area contributed by atoms with Gasteiger partial charge in [0, 0.05) is 0 Å². The number of H-pyrrole nitrogens is 1. The topological polar surface area (TPSA) is 63.8 Å². The molecule has 1 fully saturated rings. The van der Waals surface area contributed by atoms with Crippen LogP contribution in [-0.4, -0.2) is 44.4 Å². The first kappa shape index (κ1) is 31.8. The zero-order chi connectivity index (χ0) is 32.1. The minimum atomic E-state index is -0.589. The van der Waals surface area contributed by atoms with Crippen LogP contribution in [0.25, 0.3) is 10.9 Å². The molecule has 4 aromatic carbocycles. The number of esters is 1. The van der Waals surface area contributed by atoms with Gasteiger partial charge in [-0.05, 0) is 0 Å². The number of fused-ring (bicyclic) bond motifs is 7. The number of aromatic amines is 1. The molecule has 7 heteroatoms. The molecule has 242 valence electrons. The quantitative estimate of drug-likeness (QED) is 0.0666. The second-order valence-corrected chi connectivity index (χ2v) is 15.2. The van der Waals surface area contributed by atoms with Gasteiger partial charge in [-0.15, -0.1) is 0 Å². The second-order valence-electron chi connectivity index (χ2n) is 12.4. The van der Waals surface area contributed by atoms with Crippen molar-refractivity contribution in [3.63, 3.8) is 0 Å². The molecule has 0 spiro atoms. The molecule has 3 atom stereocenters. The number of hydrogen-bond donors (Lipinski definition) is 1. The van der Waals surface area contributed by atoms with Crippen LogP contribution in [0, 0.1) is 5.92 Å². The average molecular weight is 740 g/mol. The van der Waals surface area contributed by atoms with Gasteiger partial charge in [0.15, 0.2) is 0 Å². The molecule has 2 aliphatic rings. The molecular formula is C40H40IN2O4-. The molecule has 1 aliphatic heterocycles. The normalized spacial score (nSPS) is 20.5. The van der Waals surface area contributed by atoms with Crippen LogP contribution in [0.3, 0.4) is 0 Å². The van der Waals surface area contributed by atoms with Crippen molar-refractivity contribution in [1.29, 1.82) is 0 Å². The van der Waals surface area contributed by atoms with E-state index in [1.807, 2.05) is 72.8 Å². The van der Waals surface area contributed by atoms with E-state index in [0.717, 1.165) is 33.3 Å². The van der Waals surface area contributed by atoms with E-state index < -0.39 is 26.9 Å². The summed E-state index contributed by atoms with van der Waals surface area (Å²) < 4.78 is 23.6. The van der Waals surface area contributed by atoms with Gasteiger partial charge in [0.25, 0.3) is 0 Å². The fourth-order valence-corrected chi connectivity index (χ4v) is 11.0. The molecule has 6 nitrogen and oxygen atoms in total. The van der Waals surface area contributed by atoms with E-state index in [9.17, 15) is 4.79 Å². The number of halogens is 1. The van der Waals surface area contributed by atoms with Crippen molar-refractivity contribution < 1.29 is 40.5 Å². The number of carbonyl (C=O) groups excluding carboxylic acids is 1. The molecule has 2 bridgehead atoms. The molecule has 0 amide bonds. The van der Waals surface area contributed by atoms with Crippen molar-refractivity contribution in [3.8, 4) is 0 Å². The summed E-state index contributed by atoms with van der Waals surface area (Å²) in [7, 11) is 0. The van der Waals surface area contributed by atoms with E-state index >= 15 is 0 Å². The van der Waals surface area contributed by atoms with E-state index in [1.54, 1.807) is 0 Å². The third-order valence-electron chi connectivity index (χ3n) is 9.43. The van der Waals surface area contributed by atoms with E-state index in [4.69, 9.17) is 14.2 Å². The van der Waals surface area contributed by atoms with Crippen LogP contribution in [-0.2, 0) is 32.8 Å². The predicted octanol–water partition coefficient (Wildman–Crippen LogP) is 4.63. The maximum atomic E-state index is 13.7. The maximum absolute atomic E-state index is 13.7. The summed E-state index contributed by atoms with van der Waals surface area (Å²) in [6.45, 7) is 6.74. The van der Waals surface area contributed by atoms with Crippen molar-refractivity contribution in [3.05, 3.63) is 156 Å². The summed E-state index contributed by atoms with van der Waals surface area (Å²) in [5, 5.41) is 1.21. The Morgan fingerprint density at radius 3 is 2.09 bits per heavy atom. The van der Waals surface area contributed by atoms with Crippen molar-refractivity contribution in [2.45, 2.75) is 37.2 Å². The van der Waals surface area contributed by atoms with E-state index in [2.05, 4.69) is 63.2 Å². The summed E-state index contributed by atoms with van der Waals surface area (Å²) in [5.74, 6) is -0.310. The summed E-state index contributed by atoms with van der Waals surface area (Å²) in [4.78, 5) is 17.6. The molecule has 1 aromatic heterocycles. The van der Waals surface area contributed by atoms with Gasteiger partial charge in [0.1, 0.15) is 0 Å². The Kier molecular flexibility index (Phi) is 9.86. The number of nitrogens with one attached hydrogen (secondary N) is 1. The zero-order valence-corrected chi connectivity index (χ0v) is 28.6. The Labute approximate surface area is 287 Å². The molecule has 0 saturated carbocycles. The Morgan fingerprint density at radius 2 is 1.45 bits per heavy atom. The Hall–Kier alpha value is -3.76. The number of nitrogens with zero attached hydrogens (tertiary/aromatic N) is 1. The van der Waals surface area contributed by atoms with Gasteiger partial charge in [0.2, 0.25) is 0 Å². The molecule has 1 aliphatic carbocycles. The van der Waals surface area contributed by atoms with Crippen LogP contribution in [0.4, 0.5) is 0 Å². The van der Waals surface area contributed by atoms with Gasteiger partial charge in [-0.2, -0.15) is 0 Å². The Morgan fingerprint density at radius 1 is 0.851 bits per heavy atom. The number of hydrogen-bond acceptors (Lipinski definition) is 5. The van der Waals surface area contributed by atoms with Crippen LogP contribution in [0.2, 0.25) is 0 Å². The number of para-hydroxylation sites is 1. The molecular weight excluding hydrogens is 699 g/mol. The van der Waals surface area contributed by atoms with Crippen LogP contribution < -0.4 is 21.5 Å². The van der Waals surface area contributed by atoms with Crippen molar-refractivity contribution in [2.75, 3.05) is 24.2 Å². The first-order valence-electron chi connectivity index (χ1n) is 16.2. The number of alkyl halides is 1. The first-order valence-corrected chi connectivity index (χ1v) is 18.7.